The van der Waals surface area contributed by atoms with E-state index < -0.39 is 5.82 Å². The Labute approximate surface area is 136 Å². The topological polar surface area (TPSA) is 62.7 Å². The molecule has 3 rings (SSSR count). The van der Waals surface area contributed by atoms with Crippen molar-refractivity contribution in [2.45, 2.75) is 6.54 Å². The Morgan fingerprint density at radius 3 is 2.74 bits per heavy atom. The fourth-order valence-electron chi connectivity index (χ4n) is 2.18. The molecule has 2 aromatic carbocycles. The van der Waals surface area contributed by atoms with Gasteiger partial charge in [-0.2, -0.15) is 5.10 Å². The van der Waals surface area contributed by atoms with Crippen molar-refractivity contribution in [3.63, 3.8) is 0 Å². The molecule has 0 saturated carbocycles. The second-order valence-electron chi connectivity index (χ2n) is 4.81. The number of H-pyrrole nitrogens is 1. The highest BCUT2D eigenvalue weighted by atomic mass is 32.1. The SMILES string of the molecule is O=C(NCc1n[nH]c(=S)n1-c1ccccc1)c1cccc(F)c1. The third-order valence-electron chi connectivity index (χ3n) is 3.25. The molecule has 0 aliphatic heterocycles. The molecule has 1 amide bonds. The van der Waals surface area contributed by atoms with Crippen LogP contribution >= 0.6 is 12.2 Å². The van der Waals surface area contributed by atoms with Crippen LogP contribution in [0.2, 0.25) is 0 Å². The van der Waals surface area contributed by atoms with Crippen LogP contribution in [0.4, 0.5) is 4.39 Å². The lowest BCUT2D eigenvalue weighted by atomic mass is 10.2. The summed E-state index contributed by atoms with van der Waals surface area (Å²) in [6, 6.07) is 15.0. The number of hydrogen-bond acceptors (Lipinski definition) is 3. The number of nitrogens with zero attached hydrogens (tertiary/aromatic N) is 2. The van der Waals surface area contributed by atoms with E-state index in [0.29, 0.717) is 10.6 Å². The van der Waals surface area contributed by atoms with E-state index in [2.05, 4.69) is 15.5 Å². The third-order valence-corrected chi connectivity index (χ3v) is 3.52. The maximum atomic E-state index is 13.2. The summed E-state index contributed by atoms with van der Waals surface area (Å²) in [6.07, 6.45) is 0. The Bertz CT molecular complexity index is 888. The van der Waals surface area contributed by atoms with Crippen molar-refractivity contribution in [3.8, 4) is 5.69 Å². The summed E-state index contributed by atoms with van der Waals surface area (Å²) in [6.45, 7) is 0.164. The number of carbonyl (C=O) groups is 1. The van der Waals surface area contributed by atoms with Crippen molar-refractivity contribution in [1.29, 1.82) is 0 Å². The maximum Gasteiger partial charge on any atom is 0.251 e. The van der Waals surface area contributed by atoms with Crippen LogP contribution in [0.3, 0.4) is 0 Å². The number of para-hydroxylation sites is 1. The molecule has 3 aromatic rings. The van der Waals surface area contributed by atoms with Gasteiger partial charge in [0, 0.05) is 11.3 Å². The molecule has 0 fully saturated rings. The van der Waals surface area contributed by atoms with Gasteiger partial charge >= 0.3 is 0 Å². The molecule has 0 aliphatic carbocycles. The molecule has 0 radical (unpaired) electrons. The van der Waals surface area contributed by atoms with Gasteiger partial charge in [-0.25, -0.2) is 4.39 Å². The van der Waals surface area contributed by atoms with Crippen molar-refractivity contribution in [1.82, 2.24) is 20.1 Å². The van der Waals surface area contributed by atoms with E-state index in [4.69, 9.17) is 12.2 Å². The highest BCUT2D eigenvalue weighted by Crippen LogP contribution is 2.11. The zero-order valence-corrected chi connectivity index (χ0v) is 12.8. The van der Waals surface area contributed by atoms with Crippen molar-refractivity contribution in [3.05, 3.63) is 76.6 Å². The van der Waals surface area contributed by atoms with Crippen LogP contribution in [0, 0.1) is 10.6 Å². The average molecular weight is 328 g/mol. The van der Waals surface area contributed by atoms with E-state index in [1.807, 2.05) is 30.3 Å². The first-order valence-corrected chi connectivity index (χ1v) is 7.31. The zero-order valence-electron chi connectivity index (χ0n) is 12.0. The predicted octanol–water partition coefficient (Wildman–Crippen LogP) is 3.00. The minimum Gasteiger partial charge on any atom is -0.345 e. The van der Waals surface area contributed by atoms with E-state index in [1.165, 1.54) is 18.2 Å². The van der Waals surface area contributed by atoms with Gasteiger partial charge in [-0.1, -0.05) is 24.3 Å². The fourth-order valence-corrected chi connectivity index (χ4v) is 2.44. The second kappa shape index (κ2) is 6.53. The van der Waals surface area contributed by atoms with Gasteiger partial charge in [0.05, 0.1) is 6.54 Å². The second-order valence-corrected chi connectivity index (χ2v) is 5.20. The van der Waals surface area contributed by atoms with Crippen molar-refractivity contribution in [2.24, 2.45) is 0 Å². The molecular weight excluding hydrogens is 315 g/mol. The highest BCUT2D eigenvalue weighted by Gasteiger charge is 2.11. The van der Waals surface area contributed by atoms with Gasteiger partial charge < -0.3 is 5.32 Å². The largest absolute Gasteiger partial charge is 0.345 e. The van der Waals surface area contributed by atoms with Gasteiger partial charge in [-0.05, 0) is 42.5 Å². The fraction of sp³-hybridized carbons (Fsp3) is 0.0625. The van der Waals surface area contributed by atoms with E-state index in [-0.39, 0.29) is 18.0 Å². The summed E-state index contributed by atoms with van der Waals surface area (Å²) < 4.78 is 15.3. The summed E-state index contributed by atoms with van der Waals surface area (Å²) >= 11 is 5.23. The first-order valence-electron chi connectivity index (χ1n) is 6.90. The van der Waals surface area contributed by atoms with Crippen LogP contribution in [0.5, 0.6) is 0 Å². The van der Waals surface area contributed by atoms with Crippen LogP contribution in [-0.2, 0) is 6.54 Å². The Morgan fingerprint density at radius 2 is 2.00 bits per heavy atom. The molecule has 116 valence electrons. The molecule has 23 heavy (non-hydrogen) atoms. The number of aromatic amines is 1. The molecule has 0 unspecified atom stereocenters. The lowest BCUT2D eigenvalue weighted by molar-refractivity contribution is 0.0949. The summed E-state index contributed by atoms with van der Waals surface area (Å²) in [5.41, 5.74) is 1.10. The Morgan fingerprint density at radius 1 is 1.22 bits per heavy atom. The average Bonchev–Trinajstić information content (AvgIpc) is 2.94. The van der Waals surface area contributed by atoms with Crippen molar-refractivity contribution in [2.75, 3.05) is 0 Å². The number of halogens is 1. The molecule has 0 aliphatic rings. The molecule has 0 spiro atoms. The van der Waals surface area contributed by atoms with Crippen molar-refractivity contribution >= 4 is 18.1 Å². The number of amides is 1. The summed E-state index contributed by atoms with van der Waals surface area (Å²) in [5.74, 6) is -0.270. The van der Waals surface area contributed by atoms with Gasteiger partial charge in [-0.15, -0.1) is 0 Å². The van der Waals surface area contributed by atoms with Gasteiger partial charge in [0.25, 0.3) is 5.91 Å². The molecular formula is C16H13FN4OS. The van der Waals surface area contributed by atoms with Crippen LogP contribution < -0.4 is 5.32 Å². The summed E-state index contributed by atoms with van der Waals surface area (Å²) in [5, 5.41) is 9.56. The van der Waals surface area contributed by atoms with E-state index in [0.717, 1.165) is 5.69 Å². The number of aromatic nitrogens is 3. The first-order chi connectivity index (χ1) is 11.1. The number of hydrogen-bond donors (Lipinski definition) is 2. The molecule has 0 saturated heterocycles. The highest BCUT2D eigenvalue weighted by molar-refractivity contribution is 7.71. The number of rotatable bonds is 4. The van der Waals surface area contributed by atoms with Crippen LogP contribution in [-0.4, -0.2) is 20.7 Å². The summed E-state index contributed by atoms with van der Waals surface area (Å²) in [4.78, 5) is 12.1. The van der Waals surface area contributed by atoms with Crippen molar-refractivity contribution < 1.29 is 9.18 Å². The molecule has 2 N–H and O–H groups in total. The number of carbonyl (C=O) groups excluding carboxylic acids is 1. The Kier molecular flexibility index (Phi) is 4.29. The zero-order chi connectivity index (χ0) is 16.2. The Balaban J connectivity index is 1.80. The quantitative estimate of drug-likeness (QED) is 0.724. The molecule has 5 nitrogen and oxygen atoms in total. The van der Waals surface area contributed by atoms with Gasteiger partial charge in [0.2, 0.25) is 0 Å². The van der Waals surface area contributed by atoms with Crippen LogP contribution in [0.15, 0.2) is 54.6 Å². The molecule has 0 atom stereocenters. The van der Waals surface area contributed by atoms with E-state index in [9.17, 15) is 9.18 Å². The molecule has 1 heterocycles. The standard InChI is InChI=1S/C16H13FN4OS/c17-12-6-4-5-11(9-12)15(22)18-10-14-19-20-16(23)21(14)13-7-2-1-3-8-13/h1-9H,10H2,(H,18,22)(H,20,23). The normalized spacial score (nSPS) is 10.5. The minimum atomic E-state index is -0.454. The number of nitrogens with one attached hydrogen (secondary N) is 2. The Hall–Kier alpha value is -2.80. The van der Waals surface area contributed by atoms with Crippen LogP contribution in [0.1, 0.15) is 16.2 Å². The van der Waals surface area contributed by atoms with Gasteiger partial charge in [0.1, 0.15) is 5.82 Å². The first kappa shape index (κ1) is 15.1. The molecule has 7 heteroatoms. The van der Waals surface area contributed by atoms with Gasteiger partial charge in [0.15, 0.2) is 10.6 Å². The smallest absolute Gasteiger partial charge is 0.251 e. The molecule has 1 aromatic heterocycles. The van der Waals surface area contributed by atoms with E-state index in [1.54, 1.807) is 10.6 Å². The summed E-state index contributed by atoms with van der Waals surface area (Å²) in [7, 11) is 0. The maximum absolute atomic E-state index is 13.2. The minimum absolute atomic E-state index is 0.164. The number of benzene rings is 2. The lowest BCUT2D eigenvalue weighted by Gasteiger charge is -2.08. The van der Waals surface area contributed by atoms with Crippen LogP contribution in [0.25, 0.3) is 5.69 Å². The van der Waals surface area contributed by atoms with Gasteiger partial charge in [-0.3, -0.25) is 14.5 Å². The monoisotopic (exact) mass is 328 g/mol. The lowest BCUT2D eigenvalue weighted by Crippen LogP contribution is -2.24. The predicted molar refractivity (Wildman–Crippen MR) is 86.3 cm³/mol. The van der Waals surface area contributed by atoms with E-state index >= 15 is 0 Å². The molecule has 0 bridgehead atoms. The third kappa shape index (κ3) is 3.35.